The molecule has 0 spiro atoms. The lowest BCUT2D eigenvalue weighted by molar-refractivity contribution is 0.0696. The number of sulfonamides is 1. The van der Waals surface area contributed by atoms with Crippen molar-refractivity contribution in [3.63, 3.8) is 0 Å². The quantitative estimate of drug-likeness (QED) is 0.414. The second-order valence-electron chi connectivity index (χ2n) is 8.53. The zero-order valence-corrected chi connectivity index (χ0v) is 19.5. The number of hydrogen-bond donors (Lipinski definition) is 1. The van der Waals surface area contributed by atoms with Gasteiger partial charge in [0.1, 0.15) is 5.82 Å². The molecule has 0 fully saturated rings. The molecule has 1 aliphatic rings. The van der Waals surface area contributed by atoms with E-state index in [2.05, 4.69) is 11.1 Å². The fourth-order valence-corrected chi connectivity index (χ4v) is 6.48. The Bertz CT molecular complexity index is 1500. The Kier molecular flexibility index (Phi) is 5.57. The molecule has 0 saturated heterocycles. The summed E-state index contributed by atoms with van der Waals surface area (Å²) >= 11 is 0. The molecule has 5 rings (SSSR count). The van der Waals surface area contributed by atoms with Crippen molar-refractivity contribution >= 4 is 32.6 Å². The summed E-state index contributed by atoms with van der Waals surface area (Å²) in [7, 11) is -4.05. The van der Waals surface area contributed by atoms with E-state index in [9.17, 15) is 18.3 Å². The molecule has 0 amide bonds. The average Bonchev–Trinajstić information content (AvgIpc) is 2.86. The molecule has 1 unspecified atom stereocenters. The molecule has 3 aromatic carbocycles. The minimum Gasteiger partial charge on any atom is -0.478 e. The summed E-state index contributed by atoms with van der Waals surface area (Å²) in [5.41, 5.74) is 2.94. The van der Waals surface area contributed by atoms with Crippen LogP contribution < -0.4 is 4.31 Å². The predicted molar refractivity (Wildman–Crippen MR) is 132 cm³/mol. The number of carboxylic acid groups (broad SMARTS) is 1. The molecule has 0 bridgehead atoms. The van der Waals surface area contributed by atoms with Crippen LogP contribution in [-0.2, 0) is 16.4 Å². The summed E-state index contributed by atoms with van der Waals surface area (Å²) in [6.45, 7) is 1.90. The molecule has 1 heterocycles. The molecule has 0 aliphatic heterocycles. The average molecular weight is 473 g/mol. The maximum absolute atomic E-state index is 14.1. The third-order valence-corrected chi connectivity index (χ3v) is 8.33. The fourth-order valence-electron chi connectivity index (χ4n) is 4.81. The number of nitrogens with zero attached hydrogens (tertiary/aromatic N) is 2. The van der Waals surface area contributed by atoms with Gasteiger partial charge in [0.2, 0.25) is 0 Å². The van der Waals surface area contributed by atoms with Gasteiger partial charge in [-0.3, -0.25) is 0 Å². The first kappa shape index (κ1) is 22.1. The van der Waals surface area contributed by atoms with E-state index < -0.39 is 22.0 Å². The molecular formula is C27H24N2O4S. The molecule has 1 aromatic heterocycles. The summed E-state index contributed by atoms with van der Waals surface area (Å²) in [6.07, 6.45) is 4.14. The van der Waals surface area contributed by atoms with Gasteiger partial charge in [0.15, 0.2) is 0 Å². The predicted octanol–water partition coefficient (Wildman–Crippen LogP) is 5.51. The van der Waals surface area contributed by atoms with E-state index in [0.717, 1.165) is 40.3 Å². The van der Waals surface area contributed by atoms with Gasteiger partial charge in [-0.2, -0.15) is 0 Å². The molecular weight excluding hydrogens is 448 g/mol. The van der Waals surface area contributed by atoms with E-state index in [-0.39, 0.29) is 10.5 Å². The zero-order valence-electron chi connectivity index (χ0n) is 18.7. The number of aromatic carboxylic acids is 1. The van der Waals surface area contributed by atoms with E-state index in [0.29, 0.717) is 12.2 Å². The maximum Gasteiger partial charge on any atom is 0.335 e. The topological polar surface area (TPSA) is 87.6 Å². The molecule has 1 N–H and O–H groups in total. The monoisotopic (exact) mass is 472 g/mol. The minimum atomic E-state index is -4.05. The Morgan fingerprint density at radius 1 is 1.00 bits per heavy atom. The van der Waals surface area contributed by atoms with Crippen LogP contribution >= 0.6 is 0 Å². The van der Waals surface area contributed by atoms with Crippen LogP contribution in [0.2, 0.25) is 0 Å². The van der Waals surface area contributed by atoms with Crippen molar-refractivity contribution in [1.82, 2.24) is 4.98 Å². The smallest absolute Gasteiger partial charge is 0.335 e. The van der Waals surface area contributed by atoms with Gasteiger partial charge in [-0.15, -0.1) is 0 Å². The van der Waals surface area contributed by atoms with Crippen LogP contribution in [0.3, 0.4) is 0 Å². The van der Waals surface area contributed by atoms with Crippen molar-refractivity contribution in [2.45, 2.75) is 37.1 Å². The van der Waals surface area contributed by atoms with Crippen molar-refractivity contribution in [2.24, 2.45) is 0 Å². The van der Waals surface area contributed by atoms with E-state index in [1.165, 1.54) is 28.6 Å². The van der Waals surface area contributed by atoms with Crippen molar-refractivity contribution in [1.29, 1.82) is 0 Å². The molecule has 4 aromatic rings. The fraction of sp³-hybridized carbons (Fsp3) is 0.185. The first-order valence-corrected chi connectivity index (χ1v) is 12.6. The summed E-state index contributed by atoms with van der Waals surface area (Å²) in [5.74, 6) is -0.711. The molecule has 172 valence electrons. The summed E-state index contributed by atoms with van der Waals surface area (Å²) in [4.78, 5) is 16.0. The van der Waals surface area contributed by atoms with Crippen LogP contribution in [0.1, 0.15) is 45.9 Å². The summed E-state index contributed by atoms with van der Waals surface area (Å²) in [5, 5.41) is 11.1. The number of aromatic nitrogens is 1. The van der Waals surface area contributed by atoms with Crippen molar-refractivity contribution in [3.8, 4) is 0 Å². The highest BCUT2D eigenvalue weighted by molar-refractivity contribution is 7.92. The Hall–Kier alpha value is -3.71. The van der Waals surface area contributed by atoms with Crippen LogP contribution in [0.25, 0.3) is 10.8 Å². The number of carbonyl (C=O) groups is 1. The Labute approximate surface area is 198 Å². The summed E-state index contributed by atoms with van der Waals surface area (Å²) < 4.78 is 29.7. The van der Waals surface area contributed by atoms with Gasteiger partial charge in [0.05, 0.1) is 16.5 Å². The highest BCUT2D eigenvalue weighted by Crippen LogP contribution is 2.41. The molecule has 7 heteroatoms. The first-order chi connectivity index (χ1) is 16.4. The molecule has 0 saturated carbocycles. The third kappa shape index (κ3) is 3.72. The van der Waals surface area contributed by atoms with Crippen LogP contribution in [0.15, 0.2) is 83.9 Å². The molecule has 0 radical (unpaired) electrons. The number of aryl methyl sites for hydroxylation is 2. The van der Waals surface area contributed by atoms with Crippen LogP contribution in [0.5, 0.6) is 0 Å². The number of pyridine rings is 1. The van der Waals surface area contributed by atoms with Gasteiger partial charge < -0.3 is 5.11 Å². The standard InChI is InChI=1S/C27H24N2O4S/c1-18-23-10-4-3-8-21(23)17-28-26(18)29(25-12-6-9-19-7-2-5-11-24(19)25)34(32,33)22-15-13-20(14-16-22)27(30)31/h2-5,7-8,10-11,13-17,25H,6,9,12H2,1H3,(H,30,31). The SMILES string of the molecule is Cc1c(N(C2CCCc3ccccc32)S(=O)(=O)c2ccc(C(=O)O)cc2)ncc2ccccc12. The van der Waals surface area contributed by atoms with E-state index in [1.54, 1.807) is 6.20 Å². The maximum atomic E-state index is 14.1. The highest BCUT2D eigenvalue weighted by Gasteiger charge is 2.37. The number of hydrogen-bond acceptors (Lipinski definition) is 4. The number of anilines is 1. The van der Waals surface area contributed by atoms with Crippen LogP contribution in [-0.4, -0.2) is 24.5 Å². The van der Waals surface area contributed by atoms with E-state index in [4.69, 9.17) is 0 Å². The minimum absolute atomic E-state index is 0.0357. The van der Waals surface area contributed by atoms with Gasteiger partial charge in [0, 0.05) is 17.1 Å². The van der Waals surface area contributed by atoms with Crippen molar-refractivity contribution < 1.29 is 18.3 Å². The molecule has 34 heavy (non-hydrogen) atoms. The van der Waals surface area contributed by atoms with Crippen molar-refractivity contribution in [3.05, 3.63) is 101 Å². The van der Waals surface area contributed by atoms with E-state index in [1.807, 2.05) is 49.4 Å². The molecule has 1 atom stereocenters. The summed E-state index contributed by atoms with van der Waals surface area (Å²) in [6, 6.07) is 20.7. The van der Waals surface area contributed by atoms with Gasteiger partial charge in [-0.05, 0) is 67.0 Å². The van der Waals surface area contributed by atoms with Gasteiger partial charge >= 0.3 is 5.97 Å². The number of carboxylic acids is 1. The largest absolute Gasteiger partial charge is 0.478 e. The normalized spacial score (nSPS) is 15.6. The van der Waals surface area contributed by atoms with Crippen LogP contribution in [0, 0.1) is 6.92 Å². The zero-order chi connectivity index (χ0) is 23.9. The van der Waals surface area contributed by atoms with Gasteiger partial charge in [-0.1, -0.05) is 48.5 Å². The lowest BCUT2D eigenvalue weighted by atomic mass is 9.87. The Morgan fingerprint density at radius 2 is 1.71 bits per heavy atom. The van der Waals surface area contributed by atoms with Gasteiger partial charge in [-0.25, -0.2) is 22.5 Å². The Morgan fingerprint density at radius 3 is 2.47 bits per heavy atom. The lowest BCUT2D eigenvalue weighted by Crippen LogP contribution is -2.38. The third-order valence-electron chi connectivity index (χ3n) is 6.51. The van der Waals surface area contributed by atoms with E-state index >= 15 is 0 Å². The number of rotatable bonds is 5. The van der Waals surface area contributed by atoms with Crippen LogP contribution in [0.4, 0.5) is 5.82 Å². The molecule has 1 aliphatic carbocycles. The number of benzene rings is 3. The second kappa shape index (κ2) is 8.57. The van der Waals surface area contributed by atoms with Crippen molar-refractivity contribution in [2.75, 3.05) is 4.31 Å². The lowest BCUT2D eigenvalue weighted by Gasteiger charge is -2.36. The first-order valence-electron chi connectivity index (χ1n) is 11.2. The second-order valence-corrected chi connectivity index (χ2v) is 10.3. The molecule has 6 nitrogen and oxygen atoms in total. The Balaban J connectivity index is 1.73. The number of fused-ring (bicyclic) bond motifs is 2. The highest BCUT2D eigenvalue weighted by atomic mass is 32.2. The van der Waals surface area contributed by atoms with Gasteiger partial charge in [0.25, 0.3) is 10.0 Å².